The van der Waals surface area contributed by atoms with E-state index in [2.05, 4.69) is 39.8 Å². The predicted octanol–water partition coefficient (Wildman–Crippen LogP) is 1.05. The summed E-state index contributed by atoms with van der Waals surface area (Å²) in [5, 5.41) is 15.3. The predicted molar refractivity (Wildman–Crippen MR) is 101 cm³/mol. The topological polar surface area (TPSA) is 67.8 Å². The van der Waals surface area contributed by atoms with E-state index in [1.54, 1.807) is 0 Å². The lowest BCUT2D eigenvalue weighted by molar-refractivity contribution is 0.277. The van der Waals surface area contributed by atoms with Crippen molar-refractivity contribution >= 4 is 23.3 Å². The number of hydrogen-bond donors (Lipinski definition) is 3. The average Bonchev–Trinajstić information content (AvgIpc) is 2.61. The molecule has 0 aromatic heterocycles. The van der Waals surface area contributed by atoms with Crippen LogP contribution in [-0.4, -0.2) is 61.0 Å². The van der Waals surface area contributed by atoms with Crippen molar-refractivity contribution in [3.8, 4) is 0 Å². The number of rotatable bonds is 10. The van der Waals surface area contributed by atoms with Crippen LogP contribution in [0.1, 0.15) is 18.4 Å². The number of hydrogen-bond acceptors (Lipinski definition) is 7. The summed E-state index contributed by atoms with van der Waals surface area (Å²) in [6.45, 7) is 4.36. The van der Waals surface area contributed by atoms with Crippen LogP contribution in [0.3, 0.4) is 0 Å². The summed E-state index contributed by atoms with van der Waals surface area (Å²) in [5.41, 5.74) is 3.31. The molecule has 3 N–H and O–H groups in total. The normalized spacial score (nSPS) is 15.9. The Kier molecular flexibility index (Phi) is 8.55. The molecule has 6 nitrogen and oxygen atoms in total. The van der Waals surface area contributed by atoms with Crippen LogP contribution in [0, 0.1) is 0 Å². The second kappa shape index (κ2) is 10.7. The van der Waals surface area contributed by atoms with E-state index >= 15 is 0 Å². The fourth-order valence-electron chi connectivity index (χ4n) is 2.99. The van der Waals surface area contributed by atoms with Crippen molar-refractivity contribution in [2.75, 3.05) is 44.9 Å². The molecule has 1 aliphatic heterocycles. The lowest BCUT2D eigenvalue weighted by atomic mass is 10.0. The van der Waals surface area contributed by atoms with E-state index in [0.717, 1.165) is 38.1 Å². The van der Waals surface area contributed by atoms with Gasteiger partial charge in [0.15, 0.2) is 5.62 Å². The molecule has 0 saturated carbocycles. The molecule has 2 rings (SSSR count). The van der Waals surface area contributed by atoms with Gasteiger partial charge in [0.25, 0.3) is 0 Å². The highest BCUT2D eigenvalue weighted by molar-refractivity contribution is 8.09. The van der Waals surface area contributed by atoms with Crippen molar-refractivity contribution in [1.29, 1.82) is 0 Å². The van der Waals surface area contributed by atoms with Crippen LogP contribution in [0.25, 0.3) is 0 Å². The van der Waals surface area contributed by atoms with Crippen LogP contribution < -0.4 is 15.5 Å². The highest BCUT2D eigenvalue weighted by Crippen LogP contribution is 2.21. The first kappa shape index (κ1) is 19.2. The van der Waals surface area contributed by atoms with Gasteiger partial charge in [0.2, 0.25) is 0 Å². The number of benzene rings is 1. The van der Waals surface area contributed by atoms with Crippen LogP contribution >= 0.6 is 11.9 Å². The number of nitrogens with zero attached hydrogens (tertiary/aromatic N) is 2. The third kappa shape index (κ3) is 6.07. The summed E-state index contributed by atoms with van der Waals surface area (Å²) < 4.78 is 1.99. The minimum absolute atomic E-state index is 0.203. The highest BCUT2D eigenvalue weighted by atomic mass is 32.2. The number of aliphatic hydroxyl groups is 1. The molecule has 0 aliphatic carbocycles. The Bertz CT molecular complexity index is 478. The maximum absolute atomic E-state index is 10.7. The first-order valence-corrected chi connectivity index (χ1v) is 9.28. The first-order chi connectivity index (χ1) is 11.8. The molecule has 7 heteroatoms. The lowest BCUT2D eigenvalue weighted by Crippen LogP contribution is -2.43. The largest absolute Gasteiger partial charge is 0.395 e. The van der Waals surface area contributed by atoms with Crippen LogP contribution in [-0.2, 0) is 11.3 Å². The first-order valence-electron chi connectivity index (χ1n) is 8.45. The molecule has 1 aromatic carbocycles. The van der Waals surface area contributed by atoms with Crippen LogP contribution in [0.2, 0.25) is 0 Å². The van der Waals surface area contributed by atoms with Gasteiger partial charge in [-0.1, -0.05) is 12.1 Å². The van der Waals surface area contributed by atoms with Gasteiger partial charge in [-0.2, -0.15) is 0 Å². The van der Waals surface area contributed by atoms with Crippen LogP contribution in [0.5, 0.6) is 0 Å². The Morgan fingerprint density at radius 3 is 2.62 bits per heavy atom. The smallest absolute Gasteiger partial charge is 0.191 e. The summed E-state index contributed by atoms with van der Waals surface area (Å²) in [4.78, 5) is 13.1. The van der Waals surface area contributed by atoms with E-state index < -0.39 is 0 Å². The Hall–Kier alpha value is -1.12. The minimum Gasteiger partial charge on any atom is -0.395 e. The van der Waals surface area contributed by atoms with Gasteiger partial charge in [-0.25, -0.2) is 4.31 Å². The number of aliphatic hydroxyl groups excluding tert-OH is 1. The third-order valence-electron chi connectivity index (χ3n) is 4.23. The zero-order valence-electron chi connectivity index (χ0n) is 14.3. The summed E-state index contributed by atoms with van der Waals surface area (Å²) in [5.74, 6) is 0. The van der Waals surface area contributed by atoms with Crippen molar-refractivity contribution < 1.29 is 9.90 Å². The third-order valence-corrected chi connectivity index (χ3v) is 4.87. The number of piperidine rings is 1. The van der Waals surface area contributed by atoms with Gasteiger partial charge in [0.05, 0.1) is 13.3 Å². The van der Waals surface area contributed by atoms with E-state index in [9.17, 15) is 4.79 Å². The van der Waals surface area contributed by atoms with E-state index in [1.165, 1.54) is 23.2 Å². The standard InChI is InChI=1S/C17H28N4O2S/c1-18-13-21(24-14-23)12-15-2-4-17(5-3-15)20-9-6-16(7-10-20)19-8-11-22/h2-5,14,16,18-19,22H,6-13H2,1H3. The van der Waals surface area contributed by atoms with Crippen molar-refractivity contribution in [1.82, 2.24) is 14.9 Å². The molecule has 134 valence electrons. The van der Waals surface area contributed by atoms with E-state index in [-0.39, 0.29) is 6.61 Å². The van der Waals surface area contributed by atoms with Gasteiger partial charge in [-0.15, -0.1) is 0 Å². The van der Waals surface area contributed by atoms with Crippen molar-refractivity contribution in [2.45, 2.75) is 25.4 Å². The monoisotopic (exact) mass is 352 g/mol. The Morgan fingerprint density at radius 1 is 1.33 bits per heavy atom. The molecule has 1 fully saturated rings. The molecule has 1 aliphatic rings. The lowest BCUT2D eigenvalue weighted by Gasteiger charge is -2.34. The maximum Gasteiger partial charge on any atom is 0.191 e. The number of carbonyl (C=O) groups excluding carboxylic acids is 1. The van der Waals surface area contributed by atoms with Crippen LogP contribution in [0.15, 0.2) is 24.3 Å². The molecular weight excluding hydrogens is 324 g/mol. The Morgan fingerprint density at radius 2 is 2.04 bits per heavy atom. The molecule has 0 unspecified atom stereocenters. The van der Waals surface area contributed by atoms with Crippen molar-refractivity contribution in [3.63, 3.8) is 0 Å². The maximum atomic E-state index is 10.7. The number of anilines is 1. The molecule has 1 saturated heterocycles. The van der Waals surface area contributed by atoms with Gasteiger partial charge >= 0.3 is 0 Å². The van der Waals surface area contributed by atoms with Gasteiger partial charge in [0, 0.05) is 37.9 Å². The fraction of sp³-hybridized carbons (Fsp3) is 0.588. The van der Waals surface area contributed by atoms with Gasteiger partial charge in [-0.05, 0) is 49.5 Å². The summed E-state index contributed by atoms with van der Waals surface area (Å²) in [7, 11) is 1.88. The second-order valence-corrected chi connectivity index (χ2v) is 6.88. The molecule has 0 bridgehead atoms. The molecule has 1 aromatic rings. The fourth-order valence-corrected chi connectivity index (χ4v) is 3.54. The highest BCUT2D eigenvalue weighted by Gasteiger charge is 2.18. The molecule has 1 heterocycles. The Balaban J connectivity index is 1.84. The number of carbonyl (C=O) groups is 1. The zero-order valence-corrected chi connectivity index (χ0v) is 15.1. The van der Waals surface area contributed by atoms with Crippen LogP contribution in [0.4, 0.5) is 5.69 Å². The minimum atomic E-state index is 0.203. The molecule has 0 amide bonds. The van der Waals surface area contributed by atoms with E-state index in [0.29, 0.717) is 19.3 Å². The van der Waals surface area contributed by atoms with Crippen molar-refractivity contribution in [3.05, 3.63) is 29.8 Å². The molecule has 0 atom stereocenters. The van der Waals surface area contributed by atoms with Crippen molar-refractivity contribution in [2.24, 2.45) is 0 Å². The van der Waals surface area contributed by atoms with Gasteiger partial charge in [0.1, 0.15) is 0 Å². The quantitative estimate of drug-likeness (QED) is 0.330. The molecule has 24 heavy (non-hydrogen) atoms. The van der Waals surface area contributed by atoms with Gasteiger partial charge in [-0.3, -0.25) is 4.79 Å². The zero-order chi connectivity index (χ0) is 17.2. The Labute approximate surface area is 148 Å². The molecule has 0 radical (unpaired) electrons. The summed E-state index contributed by atoms with van der Waals surface area (Å²) in [6.07, 6.45) is 2.21. The van der Waals surface area contributed by atoms with E-state index in [1.807, 2.05) is 11.4 Å². The average molecular weight is 353 g/mol. The number of nitrogens with one attached hydrogen (secondary N) is 2. The SMILES string of the molecule is CNCN(Cc1ccc(N2CCC(NCCO)CC2)cc1)SC=O. The summed E-state index contributed by atoms with van der Waals surface area (Å²) in [6, 6.07) is 9.13. The van der Waals surface area contributed by atoms with Gasteiger partial charge < -0.3 is 20.6 Å². The second-order valence-electron chi connectivity index (χ2n) is 5.96. The molecular formula is C17H28N4O2S. The summed E-state index contributed by atoms with van der Waals surface area (Å²) >= 11 is 1.19. The molecule has 0 spiro atoms. The van der Waals surface area contributed by atoms with E-state index in [4.69, 9.17) is 5.11 Å².